The summed E-state index contributed by atoms with van der Waals surface area (Å²) in [5.41, 5.74) is 0.670. The summed E-state index contributed by atoms with van der Waals surface area (Å²) in [6, 6.07) is 7.06. The van der Waals surface area contributed by atoms with Crippen LogP contribution in [0.4, 0.5) is 0 Å². The topological polar surface area (TPSA) is 67.8 Å². The summed E-state index contributed by atoms with van der Waals surface area (Å²) in [4.78, 5) is 4.83. The number of ether oxygens (including phenoxy) is 1. The van der Waals surface area contributed by atoms with Crippen molar-refractivity contribution in [2.45, 2.75) is 23.8 Å². The summed E-state index contributed by atoms with van der Waals surface area (Å²) < 4.78 is 31.6. The zero-order valence-electron chi connectivity index (χ0n) is 9.80. The summed E-state index contributed by atoms with van der Waals surface area (Å²) in [5.74, 6) is 0.470. The molecule has 1 fully saturated rings. The van der Waals surface area contributed by atoms with Crippen molar-refractivity contribution in [2.75, 3.05) is 13.2 Å². The molecule has 1 aromatic carbocycles. The van der Waals surface area contributed by atoms with Crippen molar-refractivity contribution >= 4 is 15.9 Å². The summed E-state index contributed by atoms with van der Waals surface area (Å²) >= 11 is 0. The Morgan fingerprint density at radius 2 is 1.94 bits per heavy atom. The molecule has 0 radical (unpaired) electrons. The zero-order valence-corrected chi connectivity index (χ0v) is 10.6. The Hall–Kier alpha value is -1.40. The summed E-state index contributed by atoms with van der Waals surface area (Å²) in [7, 11) is -3.42. The van der Waals surface area contributed by atoms with E-state index in [1.807, 2.05) is 6.07 Å². The minimum atomic E-state index is -3.42. The number of nitrogens with zero attached hydrogens (tertiary/aromatic N) is 1. The highest BCUT2D eigenvalue weighted by atomic mass is 32.2. The summed E-state index contributed by atoms with van der Waals surface area (Å²) in [6.45, 7) is 1.38. The SMILES string of the molecule is O=S1(=O)NC(=NC2CCOCC2)c2ccccc21. The number of benzene rings is 1. The fourth-order valence-corrected chi connectivity index (χ4v) is 3.47. The van der Waals surface area contributed by atoms with Gasteiger partial charge in [-0.1, -0.05) is 12.1 Å². The number of aliphatic imine (C=N–C) groups is 1. The lowest BCUT2D eigenvalue weighted by Crippen LogP contribution is -2.26. The Morgan fingerprint density at radius 3 is 2.72 bits per heavy atom. The van der Waals surface area contributed by atoms with Gasteiger partial charge in [0, 0.05) is 18.8 Å². The Balaban J connectivity index is 1.98. The highest BCUT2D eigenvalue weighted by Crippen LogP contribution is 2.23. The van der Waals surface area contributed by atoms with Gasteiger partial charge in [0.25, 0.3) is 10.0 Å². The maximum atomic E-state index is 11.9. The van der Waals surface area contributed by atoms with Crippen LogP contribution in [-0.2, 0) is 14.8 Å². The highest BCUT2D eigenvalue weighted by molar-refractivity contribution is 7.90. The molecule has 0 atom stereocenters. The first-order valence-corrected chi connectivity index (χ1v) is 7.43. The zero-order chi connectivity index (χ0) is 12.6. The molecule has 6 heteroatoms. The van der Waals surface area contributed by atoms with Gasteiger partial charge in [-0.15, -0.1) is 0 Å². The minimum Gasteiger partial charge on any atom is -0.381 e. The molecule has 2 aliphatic heterocycles. The fourth-order valence-electron chi connectivity index (χ4n) is 2.23. The van der Waals surface area contributed by atoms with E-state index in [1.54, 1.807) is 18.2 Å². The van der Waals surface area contributed by atoms with Crippen molar-refractivity contribution in [1.82, 2.24) is 4.72 Å². The Kier molecular flexibility index (Phi) is 2.83. The molecule has 1 N–H and O–H groups in total. The largest absolute Gasteiger partial charge is 0.381 e. The monoisotopic (exact) mass is 266 g/mol. The number of rotatable bonds is 1. The molecular formula is C12H14N2O3S. The molecule has 1 aromatic rings. The summed E-state index contributed by atoms with van der Waals surface area (Å²) in [6.07, 6.45) is 1.68. The maximum absolute atomic E-state index is 11.9. The van der Waals surface area contributed by atoms with E-state index >= 15 is 0 Å². The van der Waals surface area contributed by atoms with Gasteiger partial charge < -0.3 is 4.74 Å². The molecule has 0 aliphatic carbocycles. The predicted octanol–water partition coefficient (Wildman–Crippen LogP) is 0.904. The molecule has 2 heterocycles. The second-order valence-corrected chi connectivity index (χ2v) is 6.07. The molecule has 5 nitrogen and oxygen atoms in total. The molecule has 3 rings (SSSR count). The van der Waals surface area contributed by atoms with Crippen LogP contribution < -0.4 is 4.72 Å². The van der Waals surface area contributed by atoms with E-state index in [0.717, 1.165) is 12.8 Å². The third-order valence-corrected chi connectivity index (χ3v) is 4.56. The fraction of sp³-hybridized carbons (Fsp3) is 0.417. The van der Waals surface area contributed by atoms with Crippen LogP contribution in [0.3, 0.4) is 0 Å². The first-order valence-electron chi connectivity index (χ1n) is 5.94. The van der Waals surface area contributed by atoms with Crippen LogP contribution in [0, 0.1) is 0 Å². The second kappa shape index (κ2) is 4.37. The first kappa shape index (κ1) is 11.7. The van der Waals surface area contributed by atoms with Crippen molar-refractivity contribution in [2.24, 2.45) is 4.99 Å². The van der Waals surface area contributed by atoms with Crippen molar-refractivity contribution < 1.29 is 13.2 Å². The van der Waals surface area contributed by atoms with E-state index in [-0.39, 0.29) is 6.04 Å². The Morgan fingerprint density at radius 1 is 1.22 bits per heavy atom. The lowest BCUT2D eigenvalue weighted by atomic mass is 10.1. The van der Waals surface area contributed by atoms with Crippen molar-refractivity contribution in [3.8, 4) is 0 Å². The van der Waals surface area contributed by atoms with E-state index < -0.39 is 10.0 Å². The van der Waals surface area contributed by atoms with Crippen molar-refractivity contribution in [1.29, 1.82) is 0 Å². The molecule has 0 aromatic heterocycles. The van der Waals surface area contributed by atoms with E-state index in [2.05, 4.69) is 9.71 Å². The molecule has 2 aliphatic rings. The van der Waals surface area contributed by atoms with Crippen LogP contribution in [0.2, 0.25) is 0 Å². The molecule has 0 bridgehead atoms. The highest BCUT2D eigenvalue weighted by Gasteiger charge is 2.30. The molecule has 0 saturated carbocycles. The van der Waals surface area contributed by atoms with Crippen LogP contribution in [0.25, 0.3) is 0 Å². The summed E-state index contributed by atoms with van der Waals surface area (Å²) in [5, 5.41) is 0. The first-order chi connectivity index (χ1) is 8.67. The third-order valence-electron chi connectivity index (χ3n) is 3.17. The van der Waals surface area contributed by atoms with E-state index in [9.17, 15) is 8.42 Å². The van der Waals surface area contributed by atoms with Gasteiger partial charge in [0.1, 0.15) is 5.84 Å². The number of amidine groups is 1. The van der Waals surface area contributed by atoms with Gasteiger partial charge >= 0.3 is 0 Å². The molecule has 0 amide bonds. The smallest absolute Gasteiger partial charge is 0.263 e. The number of hydrogen-bond donors (Lipinski definition) is 1. The second-order valence-electron chi connectivity index (χ2n) is 4.42. The quantitative estimate of drug-likeness (QED) is 0.821. The number of sulfonamides is 1. The maximum Gasteiger partial charge on any atom is 0.263 e. The number of fused-ring (bicyclic) bond motifs is 1. The lowest BCUT2D eigenvalue weighted by molar-refractivity contribution is 0.0871. The van der Waals surface area contributed by atoms with Crippen LogP contribution >= 0.6 is 0 Å². The van der Waals surface area contributed by atoms with Crippen LogP contribution in [0.5, 0.6) is 0 Å². The molecule has 0 spiro atoms. The van der Waals surface area contributed by atoms with Gasteiger partial charge in [-0.25, -0.2) is 8.42 Å². The Bertz CT molecular complexity index is 589. The lowest BCUT2D eigenvalue weighted by Gasteiger charge is -2.18. The normalized spacial score (nSPS) is 24.8. The van der Waals surface area contributed by atoms with Crippen molar-refractivity contribution in [3.63, 3.8) is 0 Å². The average Bonchev–Trinajstić information content (AvgIpc) is 2.63. The van der Waals surface area contributed by atoms with Crippen molar-refractivity contribution in [3.05, 3.63) is 29.8 Å². The molecule has 1 saturated heterocycles. The van der Waals surface area contributed by atoms with E-state index in [1.165, 1.54) is 0 Å². The molecule has 96 valence electrons. The van der Waals surface area contributed by atoms with Gasteiger partial charge in [0.2, 0.25) is 0 Å². The van der Waals surface area contributed by atoms with Gasteiger partial charge in [-0.3, -0.25) is 9.71 Å². The number of hydrogen-bond acceptors (Lipinski definition) is 4. The standard InChI is InChI=1S/C12H14N2O3S/c15-18(16)11-4-2-1-3-10(11)12(14-18)13-9-5-7-17-8-6-9/h1-4,9H,5-8H2,(H,13,14). The predicted molar refractivity (Wildman–Crippen MR) is 67.1 cm³/mol. The third kappa shape index (κ3) is 2.02. The van der Waals surface area contributed by atoms with Gasteiger partial charge in [0.15, 0.2) is 0 Å². The molecular weight excluding hydrogens is 252 g/mol. The van der Waals surface area contributed by atoms with E-state index in [4.69, 9.17) is 4.74 Å². The Labute approximate surface area is 106 Å². The van der Waals surface area contributed by atoms with Gasteiger partial charge in [-0.05, 0) is 25.0 Å². The number of nitrogens with one attached hydrogen (secondary N) is 1. The van der Waals surface area contributed by atoms with Crippen LogP contribution in [-0.4, -0.2) is 33.5 Å². The van der Waals surface area contributed by atoms with Crippen LogP contribution in [0.1, 0.15) is 18.4 Å². The van der Waals surface area contributed by atoms with Gasteiger partial charge in [-0.2, -0.15) is 0 Å². The van der Waals surface area contributed by atoms with Crippen LogP contribution in [0.15, 0.2) is 34.2 Å². The average molecular weight is 266 g/mol. The van der Waals surface area contributed by atoms with E-state index in [0.29, 0.717) is 29.5 Å². The van der Waals surface area contributed by atoms with Gasteiger partial charge in [0.05, 0.1) is 10.9 Å². The molecule has 0 unspecified atom stereocenters. The minimum absolute atomic E-state index is 0.141. The molecule has 18 heavy (non-hydrogen) atoms.